The monoisotopic (exact) mass is 481 g/mol. The molecule has 4 rings (SSSR count). The number of benzene rings is 1. The zero-order valence-electron chi connectivity index (χ0n) is 18.8. The molecule has 1 aliphatic heterocycles. The molecule has 8 heteroatoms. The molecule has 33 heavy (non-hydrogen) atoms. The van der Waals surface area contributed by atoms with E-state index in [0.717, 1.165) is 57.9 Å². The van der Waals surface area contributed by atoms with Crippen LogP contribution in [0.3, 0.4) is 0 Å². The van der Waals surface area contributed by atoms with Crippen molar-refractivity contribution in [1.29, 1.82) is 0 Å². The van der Waals surface area contributed by atoms with E-state index in [1.54, 1.807) is 17.4 Å². The summed E-state index contributed by atoms with van der Waals surface area (Å²) in [6.07, 6.45) is 6.24. The molecule has 0 unspecified atom stereocenters. The van der Waals surface area contributed by atoms with E-state index in [2.05, 4.69) is 18.3 Å². The van der Waals surface area contributed by atoms with Gasteiger partial charge in [-0.25, -0.2) is 0 Å². The third-order valence-corrected chi connectivity index (χ3v) is 7.43. The number of rotatable bonds is 9. The lowest BCUT2D eigenvalue weighted by atomic mass is 10.1. The lowest BCUT2D eigenvalue weighted by Crippen LogP contribution is -2.29. The first-order chi connectivity index (χ1) is 16.0. The van der Waals surface area contributed by atoms with Gasteiger partial charge in [-0.3, -0.25) is 19.3 Å². The molecule has 0 bridgehead atoms. The molecule has 3 aromatic rings. The fourth-order valence-corrected chi connectivity index (χ4v) is 5.45. The van der Waals surface area contributed by atoms with Crippen molar-refractivity contribution in [2.75, 3.05) is 6.54 Å². The molecule has 1 aromatic carbocycles. The predicted octanol–water partition coefficient (Wildman–Crippen LogP) is 5.42. The van der Waals surface area contributed by atoms with Crippen molar-refractivity contribution < 1.29 is 14.4 Å². The van der Waals surface area contributed by atoms with E-state index in [-0.39, 0.29) is 23.6 Å². The summed E-state index contributed by atoms with van der Waals surface area (Å²) in [5, 5.41) is 5.73. The van der Waals surface area contributed by atoms with Crippen molar-refractivity contribution in [3.05, 3.63) is 62.8 Å². The number of nitrogens with zero attached hydrogens (tertiary/aromatic N) is 2. The van der Waals surface area contributed by atoms with Crippen molar-refractivity contribution in [2.45, 2.75) is 46.2 Å². The number of carbonyl (C=O) groups excluding carboxylic acids is 3. The van der Waals surface area contributed by atoms with E-state index in [4.69, 9.17) is 0 Å². The Morgan fingerprint density at radius 3 is 2.73 bits per heavy atom. The van der Waals surface area contributed by atoms with E-state index >= 15 is 0 Å². The molecular weight excluding hydrogens is 454 g/mol. The Morgan fingerprint density at radius 1 is 1.15 bits per heavy atom. The highest BCUT2D eigenvalue weighted by atomic mass is 32.2. The van der Waals surface area contributed by atoms with Gasteiger partial charge in [0.05, 0.1) is 17.0 Å². The minimum atomic E-state index is -0.236. The van der Waals surface area contributed by atoms with Gasteiger partial charge in [-0.2, -0.15) is 0 Å². The van der Waals surface area contributed by atoms with Crippen LogP contribution in [-0.4, -0.2) is 33.1 Å². The predicted molar refractivity (Wildman–Crippen MR) is 135 cm³/mol. The molecule has 6 nitrogen and oxygen atoms in total. The van der Waals surface area contributed by atoms with Gasteiger partial charge in [0.15, 0.2) is 0 Å². The van der Waals surface area contributed by atoms with Crippen LogP contribution in [0.4, 0.5) is 4.79 Å². The van der Waals surface area contributed by atoms with E-state index in [1.165, 1.54) is 4.90 Å². The molecule has 172 valence electrons. The molecule has 1 N–H and O–H groups in total. The van der Waals surface area contributed by atoms with Crippen LogP contribution >= 0.6 is 23.1 Å². The van der Waals surface area contributed by atoms with Gasteiger partial charge in [0.25, 0.3) is 11.1 Å². The number of hydrogen-bond acceptors (Lipinski definition) is 5. The average molecular weight is 482 g/mol. The second kappa shape index (κ2) is 10.4. The second-order valence-corrected chi connectivity index (χ2v) is 9.95. The Bertz CT molecular complexity index is 1210. The Balaban J connectivity index is 1.63. The van der Waals surface area contributed by atoms with Crippen LogP contribution < -0.4 is 5.32 Å². The molecular formula is C25H27N3O3S2. The number of carbonyl (C=O) groups is 3. The van der Waals surface area contributed by atoms with Crippen LogP contribution in [0.1, 0.15) is 42.7 Å². The molecule has 1 fully saturated rings. The number of thioether (sulfide) groups is 1. The smallest absolute Gasteiger partial charge is 0.293 e. The molecule has 0 radical (unpaired) electrons. The molecule has 0 spiro atoms. The number of para-hydroxylation sites is 1. The quantitative estimate of drug-likeness (QED) is 0.415. The molecule has 3 amide bonds. The topological polar surface area (TPSA) is 71.4 Å². The zero-order chi connectivity index (χ0) is 23.4. The second-order valence-electron chi connectivity index (χ2n) is 7.92. The standard InChI is InChI=1S/C25H27N3O3S2/c1-3-5-11-28-24(30)21(33-25(28)31)13-18-15-27(23-17(4-2)8-6-10-20(18)23)16-22(29)26-14-19-9-7-12-32-19/h6-10,12-13,15H,3-5,11,14,16H2,1-2H3,(H,26,29)/b21-13-. The maximum absolute atomic E-state index is 12.8. The summed E-state index contributed by atoms with van der Waals surface area (Å²) in [6.45, 7) is 5.26. The summed E-state index contributed by atoms with van der Waals surface area (Å²) in [7, 11) is 0. The number of thiophene rings is 1. The molecule has 1 aliphatic rings. The third-order valence-electron chi connectivity index (χ3n) is 5.64. The lowest BCUT2D eigenvalue weighted by Gasteiger charge is -2.10. The fourth-order valence-electron chi connectivity index (χ4n) is 3.95. The van der Waals surface area contributed by atoms with E-state index in [0.29, 0.717) is 18.0 Å². The fraction of sp³-hybridized carbons (Fsp3) is 0.320. The van der Waals surface area contributed by atoms with Crippen LogP contribution in [0.15, 0.2) is 46.8 Å². The van der Waals surface area contributed by atoms with Gasteiger partial charge in [0.1, 0.15) is 6.54 Å². The Morgan fingerprint density at radius 2 is 2.00 bits per heavy atom. The minimum absolute atomic E-state index is 0.0716. The van der Waals surface area contributed by atoms with Crippen molar-refractivity contribution in [3.63, 3.8) is 0 Å². The third kappa shape index (κ3) is 5.07. The number of unbranched alkanes of at least 4 members (excludes halogenated alkanes) is 1. The highest BCUT2D eigenvalue weighted by Gasteiger charge is 2.34. The summed E-state index contributed by atoms with van der Waals surface area (Å²) in [6, 6.07) is 10.0. The largest absolute Gasteiger partial charge is 0.350 e. The summed E-state index contributed by atoms with van der Waals surface area (Å²) < 4.78 is 1.95. The Hall–Kier alpha value is -2.84. The number of nitrogens with one attached hydrogen (secondary N) is 1. The van der Waals surface area contributed by atoms with Crippen LogP contribution in [0.5, 0.6) is 0 Å². The van der Waals surface area contributed by atoms with Crippen molar-refractivity contribution in [1.82, 2.24) is 14.8 Å². The summed E-state index contributed by atoms with van der Waals surface area (Å²) in [5.74, 6) is -0.308. The van der Waals surface area contributed by atoms with Crippen LogP contribution in [0.2, 0.25) is 0 Å². The molecule has 0 aliphatic carbocycles. The molecule has 1 saturated heterocycles. The normalized spacial score (nSPS) is 15.2. The van der Waals surface area contributed by atoms with Gasteiger partial charge < -0.3 is 9.88 Å². The average Bonchev–Trinajstić information content (AvgIpc) is 3.51. The van der Waals surface area contributed by atoms with E-state index in [9.17, 15) is 14.4 Å². The van der Waals surface area contributed by atoms with Crippen LogP contribution in [0.25, 0.3) is 17.0 Å². The van der Waals surface area contributed by atoms with Gasteiger partial charge in [0.2, 0.25) is 5.91 Å². The highest BCUT2D eigenvalue weighted by Crippen LogP contribution is 2.35. The van der Waals surface area contributed by atoms with Gasteiger partial charge >= 0.3 is 0 Å². The number of aryl methyl sites for hydroxylation is 1. The van der Waals surface area contributed by atoms with Gasteiger partial charge in [-0.05, 0) is 47.7 Å². The van der Waals surface area contributed by atoms with E-state index in [1.807, 2.05) is 47.3 Å². The maximum Gasteiger partial charge on any atom is 0.293 e. The Labute approximate surface area is 201 Å². The number of amides is 3. The summed E-state index contributed by atoms with van der Waals surface area (Å²) in [5.41, 5.74) is 2.96. The highest BCUT2D eigenvalue weighted by molar-refractivity contribution is 8.18. The zero-order valence-corrected chi connectivity index (χ0v) is 20.4. The van der Waals surface area contributed by atoms with Crippen LogP contribution in [0, 0.1) is 0 Å². The molecule has 2 aromatic heterocycles. The first kappa shape index (κ1) is 23.3. The van der Waals surface area contributed by atoms with Crippen molar-refractivity contribution >= 4 is 57.1 Å². The summed E-state index contributed by atoms with van der Waals surface area (Å²) >= 11 is 2.60. The van der Waals surface area contributed by atoms with Crippen molar-refractivity contribution in [3.8, 4) is 0 Å². The molecule has 0 saturated carbocycles. The van der Waals surface area contributed by atoms with Gasteiger partial charge in [-0.1, -0.05) is 44.5 Å². The Kier molecular flexibility index (Phi) is 7.35. The van der Waals surface area contributed by atoms with Gasteiger partial charge in [-0.15, -0.1) is 11.3 Å². The molecule has 0 atom stereocenters. The number of fused-ring (bicyclic) bond motifs is 1. The van der Waals surface area contributed by atoms with Gasteiger partial charge in [0, 0.05) is 28.6 Å². The minimum Gasteiger partial charge on any atom is -0.350 e. The SMILES string of the molecule is CCCCN1C(=O)S/C(=C\c2cn(CC(=O)NCc3cccs3)c3c(CC)cccc23)C1=O. The van der Waals surface area contributed by atoms with Crippen LogP contribution in [-0.2, 0) is 29.1 Å². The first-order valence-electron chi connectivity index (χ1n) is 11.2. The number of imide groups is 1. The number of aromatic nitrogens is 1. The number of hydrogen-bond donors (Lipinski definition) is 1. The van der Waals surface area contributed by atoms with E-state index < -0.39 is 0 Å². The lowest BCUT2D eigenvalue weighted by molar-refractivity contribution is -0.123. The maximum atomic E-state index is 12.8. The first-order valence-corrected chi connectivity index (χ1v) is 12.9. The summed E-state index contributed by atoms with van der Waals surface area (Å²) in [4.78, 5) is 40.7. The van der Waals surface area contributed by atoms with Crippen molar-refractivity contribution in [2.24, 2.45) is 0 Å². The molecule has 3 heterocycles.